The van der Waals surface area contributed by atoms with Gasteiger partial charge in [-0.2, -0.15) is 0 Å². The van der Waals surface area contributed by atoms with Crippen LogP contribution in [0.25, 0.3) is 0 Å². The lowest BCUT2D eigenvalue weighted by Gasteiger charge is -2.41. The first-order valence-electron chi connectivity index (χ1n) is 6.06. The van der Waals surface area contributed by atoms with Gasteiger partial charge in [0.25, 0.3) is 0 Å². The second kappa shape index (κ2) is 3.69. The van der Waals surface area contributed by atoms with Crippen LogP contribution in [-0.2, 0) is 0 Å². The quantitative estimate of drug-likeness (QED) is 0.666. The molecule has 1 unspecified atom stereocenters. The number of fused-ring (bicyclic) bond motifs is 1. The molecule has 0 aliphatic carbocycles. The molecule has 2 heteroatoms. The van der Waals surface area contributed by atoms with E-state index in [2.05, 4.69) is 75.1 Å². The Morgan fingerprint density at radius 3 is 2.44 bits per heavy atom. The van der Waals surface area contributed by atoms with Crippen molar-refractivity contribution < 1.29 is 0 Å². The van der Waals surface area contributed by atoms with Gasteiger partial charge in [-0.25, -0.2) is 0 Å². The number of rotatable bonds is 1. The Morgan fingerprint density at radius 2 is 1.88 bits per heavy atom. The smallest absolute Gasteiger partial charge is 0.0884 e. The largest absolute Gasteiger partial charge is 0.286 e. The highest BCUT2D eigenvalue weighted by atomic mass is 15.7. The van der Waals surface area contributed by atoms with Crippen LogP contribution >= 0.6 is 0 Å². The average Bonchev–Trinajstić information content (AvgIpc) is 2.55. The molecule has 2 aliphatic heterocycles. The van der Waals surface area contributed by atoms with Gasteiger partial charge in [0.1, 0.15) is 0 Å². The van der Waals surface area contributed by atoms with Gasteiger partial charge < -0.3 is 0 Å². The fourth-order valence-electron chi connectivity index (χ4n) is 2.35. The maximum absolute atomic E-state index is 2.41. The third-order valence-electron chi connectivity index (χ3n) is 3.05. The Hall–Kier alpha value is -1.18. The van der Waals surface area contributed by atoms with Crippen LogP contribution in [0.3, 0.4) is 0 Å². The molecule has 2 aliphatic rings. The van der Waals surface area contributed by atoms with E-state index in [4.69, 9.17) is 0 Å². The van der Waals surface area contributed by atoms with Gasteiger partial charge in [-0.15, -0.1) is 0 Å². The van der Waals surface area contributed by atoms with Gasteiger partial charge in [-0.1, -0.05) is 32.9 Å². The molecule has 0 saturated heterocycles. The van der Waals surface area contributed by atoms with Crippen LogP contribution < -0.4 is 0 Å². The van der Waals surface area contributed by atoms with Gasteiger partial charge >= 0.3 is 0 Å². The first kappa shape index (κ1) is 11.3. The third-order valence-corrected chi connectivity index (χ3v) is 3.05. The Labute approximate surface area is 98.9 Å². The first-order chi connectivity index (χ1) is 7.41. The predicted molar refractivity (Wildman–Crippen MR) is 68.4 cm³/mol. The van der Waals surface area contributed by atoms with E-state index in [9.17, 15) is 0 Å². The Kier molecular flexibility index (Phi) is 2.61. The molecule has 0 radical (unpaired) electrons. The van der Waals surface area contributed by atoms with Crippen LogP contribution in [0.15, 0.2) is 36.2 Å². The molecule has 0 spiro atoms. The van der Waals surface area contributed by atoms with Crippen LogP contribution in [-0.4, -0.2) is 22.1 Å². The minimum absolute atomic E-state index is 0.198. The van der Waals surface area contributed by atoms with Crippen molar-refractivity contribution in [2.45, 2.75) is 46.7 Å². The van der Waals surface area contributed by atoms with Crippen molar-refractivity contribution in [1.29, 1.82) is 0 Å². The van der Waals surface area contributed by atoms with E-state index in [-0.39, 0.29) is 5.41 Å². The Balaban J connectivity index is 2.37. The number of hydrazine groups is 1. The van der Waals surface area contributed by atoms with Crippen molar-refractivity contribution in [2.75, 3.05) is 0 Å². The zero-order valence-corrected chi connectivity index (χ0v) is 10.9. The molecule has 0 aromatic carbocycles. The fourth-order valence-corrected chi connectivity index (χ4v) is 2.35. The summed E-state index contributed by atoms with van der Waals surface area (Å²) in [6.45, 7) is 11.3. The zero-order chi connectivity index (χ0) is 11.9. The van der Waals surface area contributed by atoms with Gasteiger partial charge in [0, 0.05) is 23.4 Å². The molecule has 0 aromatic heterocycles. The summed E-state index contributed by atoms with van der Waals surface area (Å²) >= 11 is 0. The van der Waals surface area contributed by atoms with Crippen molar-refractivity contribution in [1.82, 2.24) is 10.0 Å². The van der Waals surface area contributed by atoms with Crippen molar-refractivity contribution in [3.05, 3.63) is 36.2 Å². The first-order valence-corrected chi connectivity index (χ1v) is 6.06. The SMILES string of the molecule is CC(C)N1C(C(C)(C)C)=CC2C=CC=CN21. The minimum atomic E-state index is 0.198. The van der Waals surface area contributed by atoms with E-state index < -0.39 is 0 Å². The van der Waals surface area contributed by atoms with Crippen molar-refractivity contribution >= 4 is 0 Å². The summed E-state index contributed by atoms with van der Waals surface area (Å²) in [7, 11) is 0. The molecule has 2 rings (SSSR count). The monoisotopic (exact) mass is 218 g/mol. The summed E-state index contributed by atoms with van der Waals surface area (Å²) in [5.41, 5.74) is 1.62. The van der Waals surface area contributed by atoms with Crippen LogP contribution in [0.4, 0.5) is 0 Å². The molecule has 16 heavy (non-hydrogen) atoms. The zero-order valence-electron chi connectivity index (χ0n) is 10.9. The predicted octanol–water partition coefficient (Wildman–Crippen LogP) is 3.31. The standard InChI is InChI=1S/C14H22N2/c1-11(2)16-13(14(3,4)5)10-12-8-6-7-9-15(12)16/h6-12H,1-5H3. The maximum atomic E-state index is 2.41. The second-order valence-corrected chi connectivity index (χ2v) is 5.84. The Bertz CT molecular complexity index is 355. The summed E-state index contributed by atoms with van der Waals surface area (Å²) in [4.78, 5) is 0. The number of hydrogen-bond donors (Lipinski definition) is 0. The van der Waals surface area contributed by atoms with Gasteiger partial charge in [0.2, 0.25) is 0 Å². The third kappa shape index (κ3) is 1.77. The molecule has 2 heterocycles. The molecule has 88 valence electrons. The lowest BCUT2D eigenvalue weighted by atomic mass is 9.90. The van der Waals surface area contributed by atoms with Gasteiger partial charge in [0.15, 0.2) is 0 Å². The summed E-state index contributed by atoms with van der Waals surface area (Å²) in [6, 6.07) is 0.897. The highest BCUT2D eigenvalue weighted by Gasteiger charge is 2.36. The number of hydrogen-bond acceptors (Lipinski definition) is 2. The molecule has 0 fully saturated rings. The molecule has 0 saturated carbocycles. The van der Waals surface area contributed by atoms with E-state index in [1.165, 1.54) is 5.70 Å². The molecule has 0 amide bonds. The fraction of sp³-hybridized carbons (Fsp3) is 0.571. The lowest BCUT2D eigenvalue weighted by molar-refractivity contribution is 0.0233. The summed E-state index contributed by atoms with van der Waals surface area (Å²) in [5.74, 6) is 0. The van der Waals surface area contributed by atoms with Crippen LogP contribution in [0.2, 0.25) is 0 Å². The molecule has 0 N–H and O–H groups in total. The van der Waals surface area contributed by atoms with Crippen molar-refractivity contribution in [2.24, 2.45) is 5.41 Å². The molecule has 0 aromatic rings. The molecule has 0 bridgehead atoms. The molecule has 1 atom stereocenters. The lowest BCUT2D eigenvalue weighted by Crippen LogP contribution is -2.44. The van der Waals surface area contributed by atoms with E-state index >= 15 is 0 Å². The van der Waals surface area contributed by atoms with Crippen molar-refractivity contribution in [3.63, 3.8) is 0 Å². The van der Waals surface area contributed by atoms with E-state index in [1.54, 1.807) is 0 Å². The van der Waals surface area contributed by atoms with Crippen molar-refractivity contribution in [3.8, 4) is 0 Å². The second-order valence-electron chi connectivity index (χ2n) is 5.84. The normalized spacial score (nSPS) is 24.1. The van der Waals surface area contributed by atoms with Crippen LogP contribution in [0.1, 0.15) is 34.6 Å². The summed E-state index contributed by atoms with van der Waals surface area (Å²) < 4.78 is 0. The summed E-state index contributed by atoms with van der Waals surface area (Å²) in [5, 5.41) is 4.73. The average molecular weight is 218 g/mol. The maximum Gasteiger partial charge on any atom is 0.0884 e. The molecular weight excluding hydrogens is 196 g/mol. The number of nitrogens with zero attached hydrogens (tertiary/aromatic N) is 2. The van der Waals surface area contributed by atoms with E-state index in [0.29, 0.717) is 12.1 Å². The minimum Gasteiger partial charge on any atom is -0.286 e. The van der Waals surface area contributed by atoms with Crippen LogP contribution in [0, 0.1) is 5.41 Å². The summed E-state index contributed by atoms with van der Waals surface area (Å²) in [6.07, 6.45) is 11.0. The highest BCUT2D eigenvalue weighted by Crippen LogP contribution is 2.38. The number of allylic oxidation sites excluding steroid dienone is 3. The molecular formula is C14H22N2. The topological polar surface area (TPSA) is 6.48 Å². The van der Waals surface area contributed by atoms with E-state index in [0.717, 1.165) is 0 Å². The van der Waals surface area contributed by atoms with Gasteiger partial charge in [0.05, 0.1) is 6.04 Å². The van der Waals surface area contributed by atoms with Gasteiger partial charge in [-0.3, -0.25) is 10.0 Å². The van der Waals surface area contributed by atoms with Gasteiger partial charge in [-0.05, 0) is 26.0 Å². The van der Waals surface area contributed by atoms with E-state index in [1.807, 2.05) is 0 Å². The highest BCUT2D eigenvalue weighted by molar-refractivity contribution is 5.28. The van der Waals surface area contributed by atoms with Crippen LogP contribution in [0.5, 0.6) is 0 Å². The Morgan fingerprint density at radius 1 is 1.19 bits per heavy atom. The molecule has 2 nitrogen and oxygen atoms in total.